The summed E-state index contributed by atoms with van der Waals surface area (Å²) in [6.07, 6.45) is 3.03. The summed E-state index contributed by atoms with van der Waals surface area (Å²) in [7, 11) is 3.23. The predicted molar refractivity (Wildman–Crippen MR) is 130 cm³/mol. The maximum absolute atomic E-state index is 10.9. The molecule has 1 aromatic heterocycles. The molecule has 0 fully saturated rings. The summed E-state index contributed by atoms with van der Waals surface area (Å²) in [5.41, 5.74) is 6.91. The number of methoxy groups -OCH3 is 2. The van der Waals surface area contributed by atoms with Gasteiger partial charge in [-0.3, -0.25) is 4.79 Å². The molecule has 2 aromatic carbocycles. The molecule has 0 aliphatic heterocycles. The second kappa shape index (κ2) is 12.0. The Kier molecular flexibility index (Phi) is 8.86. The SMILES string of the molecule is COc1ccc(C(C)Nc2ncnc3cc(OC)c(OCCCCCC(O)C(N)=O)cc23)cc1. The topological polar surface area (TPSA) is 129 Å². The second-order valence-electron chi connectivity index (χ2n) is 8.00. The highest BCUT2D eigenvalue weighted by molar-refractivity contribution is 5.91. The van der Waals surface area contributed by atoms with Gasteiger partial charge in [-0.2, -0.15) is 0 Å². The molecule has 9 heteroatoms. The molecule has 2 atom stereocenters. The summed E-state index contributed by atoms with van der Waals surface area (Å²) in [6.45, 7) is 2.53. The van der Waals surface area contributed by atoms with Gasteiger partial charge in [-0.05, 0) is 49.9 Å². The number of rotatable bonds is 13. The van der Waals surface area contributed by atoms with Gasteiger partial charge < -0.3 is 30.4 Å². The van der Waals surface area contributed by atoms with E-state index in [9.17, 15) is 9.90 Å². The second-order valence-corrected chi connectivity index (χ2v) is 8.00. The number of carbonyl (C=O) groups excluding carboxylic acids is 1. The standard InChI is InChI=1S/C25H32N4O5/c1-16(17-8-10-18(32-2)11-9-17)29-25-19-13-23(22(33-3)14-20(19)27-15-28-25)34-12-6-4-5-7-21(30)24(26)31/h8-11,13-16,21,30H,4-7,12H2,1-3H3,(H2,26,31)(H,27,28,29). The van der Waals surface area contributed by atoms with E-state index in [2.05, 4.69) is 22.2 Å². The van der Waals surface area contributed by atoms with Crippen molar-refractivity contribution in [2.45, 2.75) is 44.8 Å². The molecule has 4 N–H and O–H groups in total. The molecule has 2 unspecified atom stereocenters. The summed E-state index contributed by atoms with van der Waals surface area (Å²) in [5, 5.41) is 13.7. The van der Waals surface area contributed by atoms with E-state index in [-0.39, 0.29) is 6.04 Å². The molecule has 0 aliphatic carbocycles. The average Bonchev–Trinajstić information content (AvgIpc) is 2.85. The molecule has 0 bridgehead atoms. The number of aromatic nitrogens is 2. The summed E-state index contributed by atoms with van der Waals surface area (Å²) in [4.78, 5) is 19.7. The van der Waals surface area contributed by atoms with Crippen LogP contribution >= 0.6 is 0 Å². The van der Waals surface area contributed by atoms with Crippen LogP contribution in [-0.4, -0.2) is 47.9 Å². The van der Waals surface area contributed by atoms with Gasteiger partial charge in [-0.1, -0.05) is 18.6 Å². The fourth-order valence-corrected chi connectivity index (χ4v) is 3.57. The van der Waals surface area contributed by atoms with E-state index in [1.807, 2.05) is 36.4 Å². The van der Waals surface area contributed by atoms with Gasteiger partial charge in [0.05, 0.1) is 26.3 Å². The first-order chi connectivity index (χ1) is 16.4. The van der Waals surface area contributed by atoms with E-state index in [0.717, 1.165) is 35.1 Å². The number of ether oxygens (including phenoxy) is 3. The van der Waals surface area contributed by atoms with Crippen molar-refractivity contribution in [2.75, 3.05) is 26.1 Å². The molecule has 1 amide bonds. The number of carbonyl (C=O) groups is 1. The van der Waals surface area contributed by atoms with E-state index in [1.54, 1.807) is 14.2 Å². The van der Waals surface area contributed by atoms with E-state index >= 15 is 0 Å². The third-order valence-corrected chi connectivity index (χ3v) is 5.60. The number of aliphatic hydroxyl groups is 1. The molecule has 0 saturated heterocycles. The van der Waals surface area contributed by atoms with Crippen LogP contribution in [0.3, 0.4) is 0 Å². The normalized spacial score (nSPS) is 12.7. The lowest BCUT2D eigenvalue weighted by molar-refractivity contribution is -0.126. The molecule has 182 valence electrons. The molecule has 34 heavy (non-hydrogen) atoms. The number of nitrogens with zero attached hydrogens (tertiary/aromatic N) is 2. The van der Waals surface area contributed by atoms with Crippen LogP contribution in [-0.2, 0) is 4.79 Å². The zero-order valence-corrected chi connectivity index (χ0v) is 19.8. The molecule has 0 spiro atoms. The van der Waals surface area contributed by atoms with E-state index in [4.69, 9.17) is 19.9 Å². The Hall–Kier alpha value is -3.59. The molecule has 9 nitrogen and oxygen atoms in total. The minimum absolute atomic E-state index is 0.00577. The van der Waals surface area contributed by atoms with Crippen molar-refractivity contribution in [1.29, 1.82) is 0 Å². The van der Waals surface area contributed by atoms with Gasteiger partial charge in [-0.15, -0.1) is 0 Å². The summed E-state index contributed by atoms with van der Waals surface area (Å²) < 4.78 is 16.7. The Labute approximate surface area is 199 Å². The first kappa shape index (κ1) is 25.0. The Morgan fingerprint density at radius 2 is 1.82 bits per heavy atom. The Morgan fingerprint density at radius 3 is 2.50 bits per heavy atom. The van der Waals surface area contributed by atoms with Crippen molar-refractivity contribution >= 4 is 22.6 Å². The van der Waals surface area contributed by atoms with Crippen LogP contribution in [0.1, 0.15) is 44.2 Å². The number of nitrogens with one attached hydrogen (secondary N) is 1. The van der Waals surface area contributed by atoms with E-state index in [0.29, 0.717) is 36.8 Å². The van der Waals surface area contributed by atoms with Gasteiger partial charge in [0.1, 0.15) is 24.0 Å². The Balaban J connectivity index is 1.69. The number of nitrogens with two attached hydrogens (primary N) is 1. The highest BCUT2D eigenvalue weighted by atomic mass is 16.5. The lowest BCUT2D eigenvalue weighted by Gasteiger charge is -2.18. The number of fused-ring (bicyclic) bond motifs is 1. The average molecular weight is 469 g/mol. The van der Waals surface area contributed by atoms with E-state index < -0.39 is 12.0 Å². The molecule has 0 saturated carbocycles. The summed E-state index contributed by atoms with van der Waals surface area (Å²) in [6, 6.07) is 11.6. The number of benzene rings is 2. The lowest BCUT2D eigenvalue weighted by atomic mass is 10.1. The van der Waals surface area contributed by atoms with Crippen LogP contribution in [0.25, 0.3) is 10.9 Å². The van der Waals surface area contributed by atoms with Crippen molar-refractivity contribution < 1.29 is 24.1 Å². The number of primary amides is 1. The maximum Gasteiger partial charge on any atom is 0.246 e. The van der Waals surface area contributed by atoms with Crippen molar-refractivity contribution in [3.8, 4) is 17.2 Å². The molecular formula is C25H32N4O5. The number of anilines is 1. The quantitative estimate of drug-likeness (QED) is 0.325. The number of aliphatic hydroxyl groups excluding tert-OH is 1. The largest absolute Gasteiger partial charge is 0.497 e. The van der Waals surface area contributed by atoms with Crippen molar-refractivity contribution in [3.05, 3.63) is 48.3 Å². The lowest BCUT2D eigenvalue weighted by Crippen LogP contribution is -2.27. The number of hydrogen-bond acceptors (Lipinski definition) is 8. The van der Waals surface area contributed by atoms with Crippen LogP contribution < -0.4 is 25.3 Å². The van der Waals surface area contributed by atoms with Gasteiger partial charge in [-0.25, -0.2) is 9.97 Å². The predicted octanol–water partition coefficient (Wildman–Crippen LogP) is 3.61. The molecule has 3 aromatic rings. The monoisotopic (exact) mass is 468 g/mol. The van der Waals surface area contributed by atoms with Gasteiger partial charge in [0.2, 0.25) is 5.91 Å². The third-order valence-electron chi connectivity index (χ3n) is 5.60. The zero-order chi connectivity index (χ0) is 24.5. The zero-order valence-electron chi connectivity index (χ0n) is 19.8. The van der Waals surface area contributed by atoms with Crippen LogP contribution in [0.4, 0.5) is 5.82 Å². The molecule has 0 radical (unpaired) electrons. The summed E-state index contributed by atoms with van der Waals surface area (Å²) in [5.74, 6) is 2.00. The highest BCUT2D eigenvalue weighted by Crippen LogP contribution is 2.35. The number of amides is 1. The van der Waals surface area contributed by atoms with Gasteiger partial charge in [0.25, 0.3) is 0 Å². The Bertz CT molecular complexity index is 1090. The smallest absolute Gasteiger partial charge is 0.246 e. The first-order valence-electron chi connectivity index (χ1n) is 11.3. The first-order valence-corrected chi connectivity index (χ1v) is 11.3. The van der Waals surface area contributed by atoms with Gasteiger partial charge in [0.15, 0.2) is 11.5 Å². The van der Waals surface area contributed by atoms with Crippen LogP contribution in [0, 0.1) is 0 Å². The van der Waals surface area contributed by atoms with E-state index in [1.165, 1.54) is 6.33 Å². The van der Waals surface area contributed by atoms with Crippen LogP contribution in [0.15, 0.2) is 42.7 Å². The van der Waals surface area contributed by atoms with Crippen molar-refractivity contribution in [1.82, 2.24) is 9.97 Å². The minimum atomic E-state index is -1.09. The third kappa shape index (κ3) is 6.48. The highest BCUT2D eigenvalue weighted by Gasteiger charge is 2.14. The van der Waals surface area contributed by atoms with Crippen LogP contribution in [0.2, 0.25) is 0 Å². The minimum Gasteiger partial charge on any atom is -0.497 e. The number of hydrogen-bond donors (Lipinski definition) is 3. The fourth-order valence-electron chi connectivity index (χ4n) is 3.57. The Morgan fingerprint density at radius 1 is 1.06 bits per heavy atom. The molecular weight excluding hydrogens is 436 g/mol. The van der Waals surface area contributed by atoms with Crippen LogP contribution in [0.5, 0.6) is 17.2 Å². The number of unbranched alkanes of at least 4 members (excludes halogenated alkanes) is 2. The van der Waals surface area contributed by atoms with Gasteiger partial charge in [0, 0.05) is 17.5 Å². The van der Waals surface area contributed by atoms with Gasteiger partial charge >= 0.3 is 0 Å². The summed E-state index contributed by atoms with van der Waals surface area (Å²) >= 11 is 0. The maximum atomic E-state index is 10.9. The van der Waals surface area contributed by atoms with Crippen molar-refractivity contribution in [3.63, 3.8) is 0 Å². The molecule has 1 heterocycles. The van der Waals surface area contributed by atoms with Crippen molar-refractivity contribution in [2.24, 2.45) is 5.73 Å². The molecule has 0 aliphatic rings. The fraction of sp³-hybridized carbons (Fsp3) is 0.400. The molecule has 3 rings (SSSR count).